The van der Waals surface area contributed by atoms with Gasteiger partial charge in [0.15, 0.2) is 12.1 Å². The van der Waals surface area contributed by atoms with Gasteiger partial charge in [0.2, 0.25) is 11.8 Å². The minimum Gasteiger partial charge on any atom is -0.462 e. The van der Waals surface area contributed by atoms with Crippen molar-refractivity contribution >= 4 is 17.8 Å². The molecule has 2 bridgehead atoms. The van der Waals surface area contributed by atoms with E-state index in [4.69, 9.17) is 24.7 Å². The van der Waals surface area contributed by atoms with Crippen LogP contribution in [0.4, 0.5) is 0 Å². The zero-order valence-corrected chi connectivity index (χ0v) is 40.7. The summed E-state index contributed by atoms with van der Waals surface area (Å²) in [6.45, 7) is 8.30. The van der Waals surface area contributed by atoms with Crippen molar-refractivity contribution in [1.82, 2.24) is 10.9 Å². The van der Waals surface area contributed by atoms with E-state index < -0.39 is 153 Å². The summed E-state index contributed by atoms with van der Waals surface area (Å²) in [6.07, 6.45) is 3.45. The Labute approximate surface area is 410 Å². The fourth-order valence-electron chi connectivity index (χ4n) is 8.29. The number of aliphatic hydroxyl groups excluding tert-OH is 9. The van der Waals surface area contributed by atoms with Crippen LogP contribution >= 0.6 is 0 Å². The monoisotopic (exact) mass is 994 g/mol. The number of allylic oxidation sites excluding steroid dienone is 12. The average molecular weight is 994 g/mol. The third-order valence-electron chi connectivity index (χ3n) is 12.7. The van der Waals surface area contributed by atoms with Crippen LogP contribution in [0.5, 0.6) is 0 Å². The lowest BCUT2D eigenvalue weighted by Gasteiger charge is -2.46. The van der Waals surface area contributed by atoms with Crippen molar-refractivity contribution in [3.05, 3.63) is 85.1 Å². The van der Waals surface area contributed by atoms with Crippen molar-refractivity contribution < 1.29 is 84.4 Å². The highest BCUT2D eigenvalue weighted by atomic mass is 16.7. The van der Waals surface area contributed by atoms with E-state index in [9.17, 15) is 65.4 Å². The molecular weight excluding hydrogens is 915 g/mol. The molecule has 396 valence electrons. The summed E-state index contributed by atoms with van der Waals surface area (Å²) in [5, 5.41) is 109. The van der Waals surface area contributed by atoms with Gasteiger partial charge in [-0.2, -0.15) is 0 Å². The van der Waals surface area contributed by atoms with E-state index in [1.807, 2.05) is 25.2 Å². The highest BCUT2D eigenvalue weighted by Crippen LogP contribution is 2.38. The lowest BCUT2D eigenvalue weighted by Crippen LogP contribution is -2.62. The molecule has 0 aromatic rings. The molecule has 0 radical (unpaired) electrons. The first-order valence-corrected chi connectivity index (χ1v) is 24.1. The fraction of sp³-hybridized carbons (Fsp3) is 0.660. The maximum atomic E-state index is 13.6. The van der Waals surface area contributed by atoms with Crippen LogP contribution in [-0.2, 0) is 33.3 Å². The lowest BCUT2D eigenvalue weighted by molar-refractivity contribution is -0.307. The highest BCUT2D eigenvalue weighted by molar-refractivity contribution is 5.84. The van der Waals surface area contributed by atoms with Crippen LogP contribution in [0.2, 0.25) is 0 Å². The second-order valence-corrected chi connectivity index (χ2v) is 18.6. The first-order valence-electron chi connectivity index (χ1n) is 24.1. The maximum absolute atomic E-state index is 13.6. The SMILES string of the molecule is CCC(=O)NNC(=O)[C@H]1[C@@H]2C[C@@H](O[C@@H]3O[C@H](C)[C@@H](O)[C@H](N)[C@@H]3O)/C=C/C=C\C=C/C=C\C=C/C=C\C=C/[C@H](C)[C@@H](O)[C@@H](C)[C@H](C)OC(=O)C[C@H](O)C[C@H](O)CC[C@@H](O)[C@H](O)C[C@H](O)C[C@](O)(C[C@@H]1O)O2. The van der Waals surface area contributed by atoms with Gasteiger partial charge in [-0.15, -0.1) is 0 Å². The van der Waals surface area contributed by atoms with Crippen molar-refractivity contribution in [1.29, 1.82) is 0 Å². The molecule has 2 fully saturated rings. The number of rotatable bonds is 4. The Morgan fingerprint density at radius 1 is 0.686 bits per heavy atom. The summed E-state index contributed by atoms with van der Waals surface area (Å²) in [6, 6.07) is -1.16. The van der Waals surface area contributed by atoms with Crippen LogP contribution in [0.3, 0.4) is 0 Å². The van der Waals surface area contributed by atoms with Gasteiger partial charge in [0.25, 0.3) is 0 Å². The number of fused-ring (bicyclic) bond motifs is 2. The normalized spacial score (nSPS) is 42.9. The van der Waals surface area contributed by atoms with Gasteiger partial charge in [-0.05, 0) is 33.1 Å². The van der Waals surface area contributed by atoms with Crippen molar-refractivity contribution in [2.24, 2.45) is 23.5 Å². The van der Waals surface area contributed by atoms with E-state index >= 15 is 0 Å². The molecule has 20 heteroatoms. The Hall–Kier alpha value is -3.97. The Balaban J connectivity index is 1.93. The van der Waals surface area contributed by atoms with Gasteiger partial charge in [-0.1, -0.05) is 106 Å². The lowest BCUT2D eigenvalue weighted by atomic mass is 9.82. The van der Waals surface area contributed by atoms with Crippen molar-refractivity contribution in [3.8, 4) is 0 Å². The van der Waals surface area contributed by atoms with Gasteiger partial charge in [0.1, 0.15) is 12.2 Å². The molecule has 0 aliphatic carbocycles. The number of carbonyl (C=O) groups excluding carboxylic acids is 3. The zero-order chi connectivity index (χ0) is 52.1. The molecule has 70 heavy (non-hydrogen) atoms. The minimum absolute atomic E-state index is 0.0185. The van der Waals surface area contributed by atoms with Gasteiger partial charge in [-0.25, -0.2) is 0 Å². The van der Waals surface area contributed by atoms with E-state index in [0.29, 0.717) is 0 Å². The Morgan fingerprint density at radius 2 is 1.27 bits per heavy atom. The Morgan fingerprint density at radius 3 is 1.87 bits per heavy atom. The number of nitrogens with two attached hydrogens (primary N) is 1. The molecule has 0 saturated carbocycles. The molecule has 14 N–H and O–H groups in total. The number of hydrogen-bond acceptors (Lipinski definition) is 18. The molecular formula is C50H79N3O17. The summed E-state index contributed by atoms with van der Waals surface area (Å²) in [4.78, 5) is 38.3. The van der Waals surface area contributed by atoms with Gasteiger partial charge < -0.3 is 75.7 Å². The second kappa shape index (κ2) is 30.2. The molecule has 2 amide bonds. The zero-order valence-electron chi connectivity index (χ0n) is 40.7. The van der Waals surface area contributed by atoms with E-state index in [0.717, 1.165) is 0 Å². The second-order valence-electron chi connectivity index (χ2n) is 18.6. The van der Waals surface area contributed by atoms with E-state index in [-0.39, 0.29) is 38.0 Å². The third kappa shape index (κ3) is 20.3. The highest BCUT2D eigenvalue weighted by Gasteiger charge is 2.51. The quantitative estimate of drug-likeness (QED) is 0.132. The Bertz CT molecular complexity index is 1820. The van der Waals surface area contributed by atoms with Gasteiger partial charge in [0.05, 0.1) is 85.5 Å². The van der Waals surface area contributed by atoms with Crippen LogP contribution in [0.15, 0.2) is 85.1 Å². The van der Waals surface area contributed by atoms with E-state index in [1.165, 1.54) is 13.0 Å². The average Bonchev–Trinajstić information content (AvgIpc) is 3.29. The number of cyclic esters (lactones) is 1. The molecule has 2 saturated heterocycles. The molecule has 3 rings (SSSR count). The standard InChI is InChI=1S/C50H79N3O17/c1-6-41(60)52-53-48(65)43-39(59)28-50(66)27-35(56)24-38(58)37(57)22-21-33(54)23-34(55)25-42(61)67-31(4)30(3)45(62)29(2)19-17-15-13-11-9-7-8-10-12-14-16-18-20-36(26-40(43)70-50)69-49-47(64)44(51)46(63)32(5)68-49/h7-20,29-40,43-47,49,54-59,62-64,66H,6,21-28,51H2,1-5H3,(H,52,60)(H,53,65)/b8-7-,11-9-,12-10-,15-13-,16-14-,19-17-,20-18+/t29-,30-,31-,32+,33+,34+,35-,36-,37+,38+,39-,40-,43+,44-,45+,46+,47-,49-,50+/m0/s1. The molecule has 0 spiro atoms. The molecule has 0 aromatic carbocycles. The van der Waals surface area contributed by atoms with Crippen LogP contribution < -0.4 is 16.6 Å². The largest absolute Gasteiger partial charge is 0.462 e. The topological polar surface area (TPSA) is 341 Å². The number of carbonyl (C=O) groups is 3. The predicted molar refractivity (Wildman–Crippen MR) is 256 cm³/mol. The number of ether oxygens (including phenoxy) is 4. The summed E-state index contributed by atoms with van der Waals surface area (Å²) >= 11 is 0. The number of hydrazine groups is 1. The first-order chi connectivity index (χ1) is 33.0. The summed E-state index contributed by atoms with van der Waals surface area (Å²) in [5.74, 6) is -6.71. The van der Waals surface area contributed by atoms with E-state index in [2.05, 4.69) is 10.9 Å². The first kappa shape index (κ1) is 60.3. The molecule has 3 aliphatic rings. The van der Waals surface area contributed by atoms with Gasteiger partial charge >= 0.3 is 5.97 Å². The third-order valence-corrected chi connectivity index (χ3v) is 12.7. The summed E-state index contributed by atoms with van der Waals surface area (Å²) in [5.41, 5.74) is 10.6. The van der Waals surface area contributed by atoms with Crippen molar-refractivity contribution in [3.63, 3.8) is 0 Å². The van der Waals surface area contributed by atoms with E-state index in [1.54, 1.807) is 81.5 Å². The molecule has 19 atom stereocenters. The molecule has 20 nitrogen and oxygen atoms in total. The molecule has 3 heterocycles. The number of amides is 2. The number of hydrogen-bond donors (Lipinski definition) is 13. The van der Waals surface area contributed by atoms with Crippen LogP contribution in [0.1, 0.15) is 92.4 Å². The number of nitrogens with one attached hydrogen (secondary N) is 2. The summed E-state index contributed by atoms with van der Waals surface area (Å²) in [7, 11) is 0. The van der Waals surface area contributed by atoms with Crippen LogP contribution in [0.25, 0.3) is 0 Å². The minimum atomic E-state index is -2.34. The molecule has 0 unspecified atom stereocenters. The van der Waals surface area contributed by atoms with Crippen LogP contribution in [0, 0.1) is 17.8 Å². The fourth-order valence-corrected chi connectivity index (χ4v) is 8.29. The summed E-state index contributed by atoms with van der Waals surface area (Å²) < 4.78 is 23.5. The number of esters is 1. The number of aliphatic hydroxyl groups is 10. The van der Waals surface area contributed by atoms with Crippen molar-refractivity contribution in [2.75, 3.05) is 0 Å². The van der Waals surface area contributed by atoms with Crippen molar-refractivity contribution in [2.45, 2.75) is 190 Å². The maximum Gasteiger partial charge on any atom is 0.308 e. The smallest absolute Gasteiger partial charge is 0.308 e. The molecule has 0 aromatic heterocycles. The Kier molecular flexibility index (Phi) is 26.0. The van der Waals surface area contributed by atoms with Gasteiger partial charge in [0, 0.05) is 43.9 Å². The van der Waals surface area contributed by atoms with Gasteiger partial charge in [-0.3, -0.25) is 25.2 Å². The van der Waals surface area contributed by atoms with Crippen LogP contribution in [-0.4, -0.2) is 166 Å². The molecule has 3 aliphatic heterocycles. The predicted octanol–water partition coefficient (Wildman–Crippen LogP) is 0.185.